The Morgan fingerprint density at radius 2 is 1.82 bits per heavy atom. The van der Waals surface area contributed by atoms with E-state index in [1.165, 1.54) is 0 Å². The van der Waals surface area contributed by atoms with Gasteiger partial charge in [-0.2, -0.15) is 0 Å². The third kappa shape index (κ3) is 3.35. The van der Waals surface area contributed by atoms with E-state index in [-0.39, 0.29) is 23.1 Å². The Bertz CT molecular complexity index is 637. The van der Waals surface area contributed by atoms with E-state index >= 15 is 0 Å². The monoisotopic (exact) mass is 323 g/mol. The first kappa shape index (κ1) is 17.0. The lowest BCUT2D eigenvalue weighted by Gasteiger charge is -2.39. The maximum absolute atomic E-state index is 12.7. The molecule has 4 nitrogen and oxygen atoms in total. The number of sulfone groups is 1. The van der Waals surface area contributed by atoms with E-state index < -0.39 is 15.1 Å². The van der Waals surface area contributed by atoms with Crippen molar-refractivity contribution < 1.29 is 13.2 Å². The molecule has 1 aromatic carbocycles. The Hall–Kier alpha value is -1.36. The summed E-state index contributed by atoms with van der Waals surface area (Å²) >= 11 is 0. The van der Waals surface area contributed by atoms with Crippen LogP contribution in [0.15, 0.2) is 30.3 Å². The molecule has 5 heteroatoms. The van der Waals surface area contributed by atoms with Gasteiger partial charge in [0.2, 0.25) is 5.91 Å². The zero-order chi connectivity index (χ0) is 16.5. The summed E-state index contributed by atoms with van der Waals surface area (Å²) < 4.78 is 23.9. The van der Waals surface area contributed by atoms with Crippen molar-refractivity contribution in [2.45, 2.75) is 50.8 Å². The Labute approximate surface area is 133 Å². The third-order valence-corrected chi connectivity index (χ3v) is 7.10. The number of carbonyl (C=O) groups is 1. The summed E-state index contributed by atoms with van der Waals surface area (Å²) in [6.07, 6.45) is 0.383. The van der Waals surface area contributed by atoms with E-state index in [1.54, 1.807) is 11.8 Å². The molecule has 22 heavy (non-hydrogen) atoms. The summed E-state index contributed by atoms with van der Waals surface area (Å²) in [4.78, 5) is 14.4. The topological polar surface area (TPSA) is 54.5 Å². The number of rotatable bonds is 3. The average molecular weight is 323 g/mol. The molecule has 2 rings (SSSR count). The average Bonchev–Trinajstić information content (AvgIpc) is 2.45. The molecule has 0 N–H and O–H groups in total. The molecule has 1 fully saturated rings. The van der Waals surface area contributed by atoms with Crippen LogP contribution in [-0.2, 0) is 20.0 Å². The highest BCUT2D eigenvalue weighted by molar-refractivity contribution is 7.92. The molecule has 1 aliphatic heterocycles. The Kier molecular flexibility index (Phi) is 4.66. The van der Waals surface area contributed by atoms with Crippen LogP contribution in [0, 0.1) is 0 Å². The lowest BCUT2D eigenvalue weighted by atomic mass is 9.81. The lowest BCUT2D eigenvalue weighted by molar-refractivity contribution is -0.134. The molecule has 0 radical (unpaired) electrons. The SMILES string of the molecule is C[C@@H]1[C@@H](C)S(=O)(=O)CCN1C(=O)CC(C)(C)c1ccccc1. The van der Waals surface area contributed by atoms with Crippen LogP contribution in [0.1, 0.15) is 39.7 Å². The molecule has 0 unspecified atom stereocenters. The van der Waals surface area contributed by atoms with Crippen molar-refractivity contribution in [1.29, 1.82) is 0 Å². The van der Waals surface area contributed by atoms with Crippen molar-refractivity contribution in [3.63, 3.8) is 0 Å². The molecule has 2 atom stereocenters. The minimum absolute atomic E-state index is 0.0307. The van der Waals surface area contributed by atoms with Crippen LogP contribution >= 0.6 is 0 Å². The van der Waals surface area contributed by atoms with Gasteiger partial charge in [-0.1, -0.05) is 44.2 Å². The highest BCUT2D eigenvalue weighted by Gasteiger charge is 2.39. The molecule has 0 bridgehead atoms. The van der Waals surface area contributed by atoms with Gasteiger partial charge < -0.3 is 4.90 Å². The van der Waals surface area contributed by atoms with Crippen molar-refractivity contribution in [2.75, 3.05) is 12.3 Å². The van der Waals surface area contributed by atoms with E-state index in [9.17, 15) is 13.2 Å². The van der Waals surface area contributed by atoms with E-state index in [0.717, 1.165) is 5.56 Å². The molecule has 0 saturated carbocycles. The number of amides is 1. The van der Waals surface area contributed by atoms with Crippen LogP contribution < -0.4 is 0 Å². The van der Waals surface area contributed by atoms with Gasteiger partial charge in [0.1, 0.15) is 0 Å². The second-order valence-electron chi connectivity index (χ2n) is 6.83. The van der Waals surface area contributed by atoms with Gasteiger partial charge in [-0.15, -0.1) is 0 Å². The van der Waals surface area contributed by atoms with Crippen molar-refractivity contribution in [2.24, 2.45) is 0 Å². The van der Waals surface area contributed by atoms with Crippen LogP contribution in [0.4, 0.5) is 0 Å². The van der Waals surface area contributed by atoms with Gasteiger partial charge in [0.15, 0.2) is 9.84 Å². The van der Waals surface area contributed by atoms with Crippen LogP contribution in [0.2, 0.25) is 0 Å². The van der Waals surface area contributed by atoms with Crippen LogP contribution in [0.25, 0.3) is 0 Å². The zero-order valence-electron chi connectivity index (χ0n) is 13.7. The maximum atomic E-state index is 12.7. The van der Waals surface area contributed by atoms with Crippen molar-refractivity contribution >= 4 is 15.7 Å². The Morgan fingerprint density at radius 3 is 2.41 bits per heavy atom. The molecule has 1 saturated heterocycles. The Morgan fingerprint density at radius 1 is 1.23 bits per heavy atom. The summed E-state index contributed by atoms with van der Waals surface area (Å²) in [6, 6.07) is 9.69. The van der Waals surface area contributed by atoms with Gasteiger partial charge in [-0.3, -0.25) is 4.79 Å². The van der Waals surface area contributed by atoms with Gasteiger partial charge >= 0.3 is 0 Å². The first-order valence-electron chi connectivity index (χ1n) is 7.72. The molecule has 0 spiro atoms. The largest absolute Gasteiger partial charge is 0.338 e. The Balaban J connectivity index is 2.13. The van der Waals surface area contributed by atoms with Crippen LogP contribution in [-0.4, -0.2) is 42.8 Å². The van der Waals surface area contributed by atoms with Gasteiger partial charge in [0.05, 0.1) is 11.0 Å². The molecular formula is C17H25NO3S. The van der Waals surface area contributed by atoms with E-state index in [4.69, 9.17) is 0 Å². The first-order chi connectivity index (χ1) is 10.1. The molecule has 1 aromatic rings. The summed E-state index contributed by atoms with van der Waals surface area (Å²) in [6.45, 7) is 7.93. The quantitative estimate of drug-likeness (QED) is 0.858. The van der Waals surface area contributed by atoms with Gasteiger partial charge in [0.25, 0.3) is 0 Å². The molecule has 0 aromatic heterocycles. The number of hydrogen-bond donors (Lipinski definition) is 0. The molecule has 0 aliphatic carbocycles. The fourth-order valence-corrected chi connectivity index (χ4v) is 4.56. The molecule has 122 valence electrons. The van der Waals surface area contributed by atoms with E-state index in [1.807, 2.05) is 37.3 Å². The summed E-state index contributed by atoms with van der Waals surface area (Å²) in [5, 5.41) is -0.495. The minimum atomic E-state index is -3.07. The fourth-order valence-electron chi connectivity index (χ4n) is 2.99. The number of carbonyl (C=O) groups excluding carboxylic acids is 1. The zero-order valence-corrected chi connectivity index (χ0v) is 14.6. The summed E-state index contributed by atoms with van der Waals surface area (Å²) in [5.41, 5.74) is 0.853. The lowest BCUT2D eigenvalue weighted by Crippen LogP contribution is -2.54. The second kappa shape index (κ2) is 6.03. The molecule has 1 heterocycles. The number of benzene rings is 1. The minimum Gasteiger partial charge on any atom is -0.338 e. The maximum Gasteiger partial charge on any atom is 0.223 e. The molecule has 1 amide bonds. The second-order valence-corrected chi connectivity index (χ2v) is 9.30. The first-order valence-corrected chi connectivity index (χ1v) is 9.43. The van der Waals surface area contributed by atoms with Crippen LogP contribution in [0.3, 0.4) is 0 Å². The summed E-state index contributed by atoms with van der Waals surface area (Å²) in [7, 11) is -3.07. The predicted molar refractivity (Wildman–Crippen MR) is 88.5 cm³/mol. The summed E-state index contributed by atoms with van der Waals surface area (Å²) in [5.74, 6) is 0.0961. The predicted octanol–water partition coefficient (Wildman–Crippen LogP) is 2.39. The number of nitrogens with zero attached hydrogens (tertiary/aromatic N) is 1. The van der Waals surface area contributed by atoms with Crippen molar-refractivity contribution in [3.8, 4) is 0 Å². The standard InChI is InChI=1S/C17H25NO3S/c1-13-14(2)22(20,21)11-10-18(13)16(19)12-17(3,4)15-8-6-5-7-9-15/h5-9,13-14H,10-12H2,1-4H3/t13-,14-/m1/s1. The van der Waals surface area contributed by atoms with Crippen molar-refractivity contribution in [3.05, 3.63) is 35.9 Å². The van der Waals surface area contributed by atoms with Crippen molar-refractivity contribution in [1.82, 2.24) is 4.90 Å². The van der Waals surface area contributed by atoms with E-state index in [2.05, 4.69) is 13.8 Å². The van der Waals surface area contributed by atoms with Crippen LogP contribution in [0.5, 0.6) is 0 Å². The molecule has 1 aliphatic rings. The molecular weight excluding hydrogens is 298 g/mol. The van der Waals surface area contributed by atoms with Gasteiger partial charge in [-0.05, 0) is 24.8 Å². The van der Waals surface area contributed by atoms with E-state index in [0.29, 0.717) is 13.0 Å². The third-order valence-electron chi connectivity index (χ3n) is 4.82. The highest BCUT2D eigenvalue weighted by atomic mass is 32.2. The van der Waals surface area contributed by atoms with Gasteiger partial charge in [-0.25, -0.2) is 8.42 Å². The van der Waals surface area contributed by atoms with Gasteiger partial charge in [0, 0.05) is 19.0 Å². The highest BCUT2D eigenvalue weighted by Crippen LogP contribution is 2.29. The fraction of sp³-hybridized carbons (Fsp3) is 0.588. The number of hydrogen-bond acceptors (Lipinski definition) is 3. The normalized spacial score (nSPS) is 25.0. The smallest absolute Gasteiger partial charge is 0.223 e.